The number of carbonyl (C=O) groups is 2. The third kappa shape index (κ3) is 4.72. The highest BCUT2D eigenvalue weighted by molar-refractivity contribution is 6.42. The maximum Gasteiger partial charge on any atom is 0.407 e. The van der Waals surface area contributed by atoms with Gasteiger partial charge in [-0.1, -0.05) is 23.2 Å². The lowest BCUT2D eigenvalue weighted by Crippen LogP contribution is -2.51. The zero-order valence-corrected chi connectivity index (χ0v) is 15.8. The summed E-state index contributed by atoms with van der Waals surface area (Å²) in [6, 6.07) is 4.85. The number of rotatable bonds is 3. The van der Waals surface area contributed by atoms with Crippen molar-refractivity contribution in [2.45, 2.75) is 6.42 Å². The second-order valence-corrected chi connectivity index (χ2v) is 7.54. The minimum atomic E-state index is -0.837. The highest BCUT2D eigenvalue weighted by Crippen LogP contribution is 2.25. The van der Waals surface area contributed by atoms with E-state index in [4.69, 9.17) is 28.3 Å². The Kier molecular flexibility index (Phi) is 6.11. The number of nitrogens with zero attached hydrogens (tertiary/aromatic N) is 3. The van der Waals surface area contributed by atoms with Crippen molar-refractivity contribution >= 4 is 41.0 Å². The topological polar surface area (TPSA) is 76.1 Å². The third-order valence-electron chi connectivity index (χ3n) is 4.90. The summed E-state index contributed by atoms with van der Waals surface area (Å²) in [5.41, 5.74) is 0.617. The number of hydrogen-bond acceptors (Lipinski definition) is 3. The van der Waals surface area contributed by atoms with E-state index >= 15 is 0 Å². The molecule has 1 atom stereocenters. The Labute approximate surface area is 162 Å². The molecular formula is C17H22Cl2N4O3. The van der Waals surface area contributed by atoms with E-state index in [0.29, 0.717) is 47.8 Å². The van der Waals surface area contributed by atoms with E-state index in [-0.39, 0.29) is 6.03 Å². The highest BCUT2D eigenvalue weighted by atomic mass is 35.5. The lowest BCUT2D eigenvalue weighted by atomic mass is 10.1. The van der Waals surface area contributed by atoms with Crippen LogP contribution < -0.4 is 5.32 Å². The van der Waals surface area contributed by atoms with Gasteiger partial charge in [0.15, 0.2) is 0 Å². The third-order valence-corrected chi connectivity index (χ3v) is 5.64. The van der Waals surface area contributed by atoms with Gasteiger partial charge in [0.2, 0.25) is 0 Å². The van der Waals surface area contributed by atoms with Crippen molar-refractivity contribution in [3.8, 4) is 0 Å². The molecule has 142 valence electrons. The number of carbonyl (C=O) groups excluding carboxylic acids is 1. The number of likely N-dealkylation sites (tertiary alicyclic amines) is 1. The molecule has 0 radical (unpaired) electrons. The standard InChI is InChI=1S/C17H22Cl2N4O3/c18-14-2-1-13(9-15(14)19)20-16(24)22-7-5-21(6-8-22)10-12-3-4-23(11-12)17(25)26/h1-2,9,12H,3-8,10-11H2,(H,20,24)(H,25,26). The molecule has 2 aliphatic heterocycles. The molecule has 0 spiro atoms. The molecule has 0 aliphatic carbocycles. The SMILES string of the molecule is O=C(O)N1CCC(CN2CCN(C(=O)Nc3ccc(Cl)c(Cl)c3)CC2)C1. The Morgan fingerprint density at radius 1 is 1.08 bits per heavy atom. The zero-order chi connectivity index (χ0) is 18.7. The maximum atomic E-state index is 12.4. The van der Waals surface area contributed by atoms with Gasteiger partial charge in [0.25, 0.3) is 0 Å². The Morgan fingerprint density at radius 3 is 2.42 bits per heavy atom. The molecule has 7 nitrogen and oxygen atoms in total. The van der Waals surface area contributed by atoms with Crippen molar-refractivity contribution in [2.75, 3.05) is 51.1 Å². The first-order chi connectivity index (χ1) is 12.4. The number of anilines is 1. The first kappa shape index (κ1) is 19.1. The number of hydrogen-bond donors (Lipinski definition) is 2. The fourth-order valence-electron chi connectivity index (χ4n) is 3.43. The van der Waals surface area contributed by atoms with Gasteiger partial charge in [0.1, 0.15) is 0 Å². The predicted molar refractivity (Wildman–Crippen MR) is 101 cm³/mol. The summed E-state index contributed by atoms with van der Waals surface area (Å²) in [7, 11) is 0. The van der Waals surface area contributed by atoms with Crippen LogP contribution >= 0.6 is 23.2 Å². The largest absolute Gasteiger partial charge is 0.465 e. The van der Waals surface area contributed by atoms with Crippen molar-refractivity contribution in [1.82, 2.24) is 14.7 Å². The van der Waals surface area contributed by atoms with Crippen molar-refractivity contribution in [3.63, 3.8) is 0 Å². The number of halogens is 2. The van der Waals surface area contributed by atoms with Crippen molar-refractivity contribution in [1.29, 1.82) is 0 Å². The number of piperazine rings is 1. The summed E-state index contributed by atoms with van der Waals surface area (Å²) < 4.78 is 0. The minimum absolute atomic E-state index is 0.152. The number of amides is 3. The van der Waals surface area contributed by atoms with E-state index in [0.717, 1.165) is 26.1 Å². The maximum absolute atomic E-state index is 12.4. The van der Waals surface area contributed by atoms with Crippen LogP contribution in [0.4, 0.5) is 15.3 Å². The van der Waals surface area contributed by atoms with E-state index < -0.39 is 6.09 Å². The molecule has 2 heterocycles. The van der Waals surface area contributed by atoms with Crippen LogP contribution in [0, 0.1) is 5.92 Å². The molecule has 0 bridgehead atoms. The van der Waals surface area contributed by atoms with Crippen molar-refractivity contribution in [2.24, 2.45) is 5.92 Å². The summed E-state index contributed by atoms with van der Waals surface area (Å²) in [5.74, 6) is 0.377. The van der Waals surface area contributed by atoms with Crippen LogP contribution in [0.25, 0.3) is 0 Å². The number of urea groups is 1. The minimum Gasteiger partial charge on any atom is -0.465 e. The molecule has 26 heavy (non-hydrogen) atoms. The molecule has 2 N–H and O–H groups in total. The van der Waals surface area contributed by atoms with Gasteiger partial charge in [0, 0.05) is 51.5 Å². The van der Waals surface area contributed by atoms with Crippen LogP contribution in [-0.4, -0.2) is 77.7 Å². The first-order valence-corrected chi connectivity index (χ1v) is 9.39. The molecule has 1 aromatic carbocycles. The Hall–Kier alpha value is -1.70. The van der Waals surface area contributed by atoms with E-state index in [1.165, 1.54) is 4.90 Å². The van der Waals surface area contributed by atoms with Crippen LogP contribution in [-0.2, 0) is 0 Å². The van der Waals surface area contributed by atoms with Crippen LogP contribution in [0.3, 0.4) is 0 Å². The average Bonchev–Trinajstić information content (AvgIpc) is 3.07. The van der Waals surface area contributed by atoms with Gasteiger partial charge in [-0.25, -0.2) is 9.59 Å². The molecular weight excluding hydrogens is 379 g/mol. The summed E-state index contributed by atoms with van der Waals surface area (Å²) in [6.07, 6.45) is 0.0703. The zero-order valence-electron chi connectivity index (χ0n) is 14.3. The van der Waals surface area contributed by atoms with Crippen molar-refractivity contribution < 1.29 is 14.7 Å². The van der Waals surface area contributed by atoms with Crippen molar-refractivity contribution in [3.05, 3.63) is 28.2 Å². The Bertz CT molecular complexity index is 680. The normalized spacial score (nSPS) is 21.1. The fraction of sp³-hybridized carbons (Fsp3) is 0.529. The summed E-state index contributed by atoms with van der Waals surface area (Å²) in [6.45, 7) is 4.97. The van der Waals surface area contributed by atoms with Crippen LogP contribution in [0.2, 0.25) is 10.0 Å². The monoisotopic (exact) mass is 400 g/mol. The van der Waals surface area contributed by atoms with Gasteiger partial charge >= 0.3 is 12.1 Å². The first-order valence-electron chi connectivity index (χ1n) is 8.63. The predicted octanol–water partition coefficient (Wildman–Crippen LogP) is 3.14. The van der Waals surface area contributed by atoms with Gasteiger partial charge in [-0.15, -0.1) is 0 Å². The summed E-state index contributed by atoms with van der Waals surface area (Å²) in [5, 5.41) is 12.7. The van der Waals surface area contributed by atoms with Gasteiger partial charge in [-0.3, -0.25) is 4.90 Å². The number of nitrogens with one attached hydrogen (secondary N) is 1. The van der Waals surface area contributed by atoms with E-state index in [9.17, 15) is 9.59 Å². The summed E-state index contributed by atoms with van der Waals surface area (Å²) in [4.78, 5) is 28.9. The number of benzene rings is 1. The second kappa shape index (κ2) is 8.33. The molecule has 3 rings (SSSR count). The molecule has 1 aromatic rings. The second-order valence-electron chi connectivity index (χ2n) is 6.73. The Balaban J connectivity index is 1.44. The molecule has 9 heteroatoms. The Morgan fingerprint density at radius 2 is 1.81 bits per heavy atom. The van der Waals surface area contributed by atoms with E-state index in [1.54, 1.807) is 23.1 Å². The molecule has 0 saturated carbocycles. The number of carboxylic acid groups (broad SMARTS) is 1. The van der Waals surface area contributed by atoms with Crippen LogP contribution in [0.1, 0.15) is 6.42 Å². The van der Waals surface area contributed by atoms with Crippen LogP contribution in [0.15, 0.2) is 18.2 Å². The molecule has 1 unspecified atom stereocenters. The van der Waals surface area contributed by atoms with Gasteiger partial charge in [0.05, 0.1) is 10.0 Å². The molecule has 3 amide bonds. The highest BCUT2D eigenvalue weighted by Gasteiger charge is 2.29. The molecule has 2 saturated heterocycles. The smallest absolute Gasteiger partial charge is 0.407 e. The quantitative estimate of drug-likeness (QED) is 0.816. The van der Waals surface area contributed by atoms with Crippen LogP contribution in [0.5, 0.6) is 0 Å². The van der Waals surface area contributed by atoms with Gasteiger partial charge in [-0.2, -0.15) is 0 Å². The lowest BCUT2D eigenvalue weighted by molar-refractivity contribution is 0.130. The van der Waals surface area contributed by atoms with E-state index in [2.05, 4.69) is 10.2 Å². The fourth-order valence-corrected chi connectivity index (χ4v) is 3.73. The van der Waals surface area contributed by atoms with E-state index in [1.807, 2.05) is 0 Å². The van der Waals surface area contributed by atoms with Gasteiger partial charge in [-0.05, 0) is 30.5 Å². The molecule has 2 fully saturated rings. The molecule has 2 aliphatic rings. The van der Waals surface area contributed by atoms with Gasteiger partial charge < -0.3 is 20.2 Å². The lowest BCUT2D eigenvalue weighted by Gasteiger charge is -2.35. The summed E-state index contributed by atoms with van der Waals surface area (Å²) >= 11 is 11.9. The molecule has 0 aromatic heterocycles. The average molecular weight is 401 g/mol.